The second-order valence-corrected chi connectivity index (χ2v) is 12.8. The van der Waals surface area contributed by atoms with Crippen molar-refractivity contribution in [2.75, 3.05) is 13.6 Å². The van der Waals surface area contributed by atoms with Crippen molar-refractivity contribution in [2.45, 2.75) is 82.8 Å². The monoisotopic (exact) mass is 608 g/mol. The van der Waals surface area contributed by atoms with Gasteiger partial charge in [-0.15, -0.1) is 0 Å². The van der Waals surface area contributed by atoms with Gasteiger partial charge in [-0.05, 0) is 85.3 Å². The zero-order chi connectivity index (χ0) is 29.4. The summed E-state index contributed by atoms with van der Waals surface area (Å²) in [7, 11) is 2.10. The molecule has 3 aromatic rings. The zero-order valence-corrected chi connectivity index (χ0v) is 25.7. The van der Waals surface area contributed by atoms with Crippen molar-refractivity contribution in [3.8, 4) is 11.5 Å². The molecule has 2 heterocycles. The third kappa shape index (κ3) is 6.14. The highest BCUT2D eigenvalue weighted by molar-refractivity contribution is 6.42. The summed E-state index contributed by atoms with van der Waals surface area (Å²) < 4.78 is 13.0. The van der Waals surface area contributed by atoms with Gasteiger partial charge in [0.2, 0.25) is 0 Å². The lowest BCUT2D eigenvalue weighted by Crippen LogP contribution is -2.49. The third-order valence-electron chi connectivity index (χ3n) is 9.03. The van der Waals surface area contributed by atoms with Crippen molar-refractivity contribution in [3.63, 3.8) is 0 Å². The van der Waals surface area contributed by atoms with E-state index < -0.39 is 12.0 Å². The molecule has 3 aromatic carbocycles. The second kappa shape index (κ2) is 12.5. The van der Waals surface area contributed by atoms with Crippen molar-refractivity contribution in [1.29, 1.82) is 0 Å². The van der Waals surface area contributed by atoms with Gasteiger partial charge in [-0.3, -0.25) is 14.6 Å². The van der Waals surface area contributed by atoms with Crippen LogP contribution in [0.2, 0.25) is 10.0 Å². The number of hydrogen-bond donors (Lipinski definition) is 1. The van der Waals surface area contributed by atoms with Crippen molar-refractivity contribution in [2.24, 2.45) is 0 Å². The molecule has 3 atom stereocenters. The third-order valence-corrected chi connectivity index (χ3v) is 9.77. The van der Waals surface area contributed by atoms with E-state index >= 15 is 0 Å². The van der Waals surface area contributed by atoms with Crippen LogP contribution in [-0.2, 0) is 24.3 Å². The normalized spacial score (nSPS) is 22.1. The largest absolute Gasteiger partial charge is 0.486 e. The van der Waals surface area contributed by atoms with Gasteiger partial charge in [0.1, 0.15) is 29.7 Å². The highest BCUT2D eigenvalue weighted by atomic mass is 35.5. The number of ether oxygens (including phenoxy) is 2. The first-order chi connectivity index (χ1) is 20.3. The number of carbonyl (C=O) groups is 1. The Balaban J connectivity index is 1.21. The smallest absolute Gasteiger partial charge is 0.321 e. The predicted octanol–water partition coefficient (Wildman–Crippen LogP) is 7.84. The first-order valence-corrected chi connectivity index (χ1v) is 15.7. The van der Waals surface area contributed by atoms with Gasteiger partial charge >= 0.3 is 5.97 Å². The van der Waals surface area contributed by atoms with Crippen LogP contribution in [0.3, 0.4) is 0 Å². The maximum Gasteiger partial charge on any atom is 0.321 e. The number of halogens is 2. The fraction of sp³-hybridized carbons (Fsp3) is 0.441. The van der Waals surface area contributed by atoms with Crippen LogP contribution in [0.15, 0.2) is 54.6 Å². The van der Waals surface area contributed by atoms with Crippen LogP contribution in [0, 0.1) is 0 Å². The number of likely N-dealkylation sites (N-methyl/N-ethyl adjacent to an activating group) is 1. The molecule has 0 aromatic heterocycles. The minimum Gasteiger partial charge on any atom is -0.486 e. The van der Waals surface area contributed by atoms with Gasteiger partial charge in [0.25, 0.3) is 0 Å². The molecular formula is C34H38Cl2N2O4. The minimum absolute atomic E-state index is 0.131. The summed E-state index contributed by atoms with van der Waals surface area (Å²) in [4.78, 5) is 16.7. The van der Waals surface area contributed by atoms with Crippen molar-refractivity contribution < 1.29 is 19.4 Å². The molecule has 0 unspecified atom stereocenters. The molecule has 0 saturated heterocycles. The molecule has 42 heavy (non-hydrogen) atoms. The molecule has 0 radical (unpaired) electrons. The van der Waals surface area contributed by atoms with Crippen LogP contribution in [0.5, 0.6) is 11.5 Å². The molecule has 1 fully saturated rings. The van der Waals surface area contributed by atoms with Gasteiger partial charge < -0.3 is 14.6 Å². The van der Waals surface area contributed by atoms with E-state index in [4.69, 9.17) is 32.7 Å². The molecule has 2 aliphatic heterocycles. The van der Waals surface area contributed by atoms with E-state index in [9.17, 15) is 9.90 Å². The summed E-state index contributed by atoms with van der Waals surface area (Å²) in [5.41, 5.74) is 5.52. The maximum atomic E-state index is 12.2. The Morgan fingerprint density at radius 2 is 1.76 bits per heavy atom. The predicted molar refractivity (Wildman–Crippen MR) is 166 cm³/mol. The molecule has 1 aliphatic carbocycles. The molecule has 3 aliphatic rings. The number of hydrogen-bond acceptors (Lipinski definition) is 5. The number of aliphatic carboxylic acids is 1. The van der Waals surface area contributed by atoms with Gasteiger partial charge in [-0.2, -0.15) is 0 Å². The Hall–Kier alpha value is -2.77. The number of nitrogens with zero attached hydrogens (tertiary/aromatic N) is 2. The Bertz CT molecular complexity index is 1440. The van der Waals surface area contributed by atoms with E-state index in [2.05, 4.69) is 48.0 Å². The molecule has 6 rings (SSSR count). The lowest BCUT2D eigenvalue weighted by molar-refractivity contribution is -0.145. The topological polar surface area (TPSA) is 62.2 Å². The van der Waals surface area contributed by atoms with E-state index in [1.54, 1.807) is 6.07 Å². The fourth-order valence-electron chi connectivity index (χ4n) is 6.80. The lowest BCUT2D eigenvalue weighted by atomic mass is 9.90. The highest BCUT2D eigenvalue weighted by Gasteiger charge is 2.37. The summed E-state index contributed by atoms with van der Waals surface area (Å²) in [6.07, 6.45) is 5.60. The molecular weight excluding hydrogens is 571 g/mol. The number of benzene rings is 3. The zero-order valence-electron chi connectivity index (χ0n) is 24.2. The van der Waals surface area contributed by atoms with Crippen LogP contribution in [0.25, 0.3) is 0 Å². The molecule has 1 saturated carbocycles. The molecule has 6 nitrogen and oxygen atoms in total. The van der Waals surface area contributed by atoms with Crippen LogP contribution < -0.4 is 9.47 Å². The van der Waals surface area contributed by atoms with Crippen LogP contribution >= 0.6 is 23.2 Å². The van der Waals surface area contributed by atoms with Crippen LogP contribution in [0.4, 0.5) is 0 Å². The van der Waals surface area contributed by atoms with Gasteiger partial charge in [0.05, 0.1) is 10.0 Å². The lowest BCUT2D eigenvalue weighted by Gasteiger charge is -2.39. The van der Waals surface area contributed by atoms with E-state index in [0.29, 0.717) is 29.1 Å². The van der Waals surface area contributed by atoms with Crippen LogP contribution in [0.1, 0.15) is 79.1 Å². The number of rotatable bonds is 7. The molecule has 8 heteroatoms. The van der Waals surface area contributed by atoms with E-state index in [-0.39, 0.29) is 12.2 Å². The first-order valence-electron chi connectivity index (χ1n) is 15.0. The average molecular weight is 610 g/mol. The van der Waals surface area contributed by atoms with E-state index in [0.717, 1.165) is 66.1 Å². The number of fused-ring (bicyclic) bond motifs is 2. The summed E-state index contributed by atoms with van der Waals surface area (Å²) >= 11 is 12.4. The van der Waals surface area contributed by atoms with Gasteiger partial charge in [-0.1, -0.05) is 67.2 Å². The summed E-state index contributed by atoms with van der Waals surface area (Å²) in [5, 5.41) is 11.1. The van der Waals surface area contributed by atoms with Gasteiger partial charge in [0.15, 0.2) is 0 Å². The first kappa shape index (κ1) is 29.3. The fourth-order valence-corrected chi connectivity index (χ4v) is 7.10. The van der Waals surface area contributed by atoms with E-state index in [1.165, 1.54) is 18.4 Å². The van der Waals surface area contributed by atoms with Crippen molar-refractivity contribution >= 4 is 29.2 Å². The van der Waals surface area contributed by atoms with Crippen molar-refractivity contribution in [1.82, 2.24) is 9.80 Å². The highest BCUT2D eigenvalue weighted by Crippen LogP contribution is 2.38. The standard InChI is InChI=1S/C34H38Cl2N2O4/c1-3-31(22-10-13-28(35)29(36)15-22)41-27-11-8-21(9-12-27)33-20-37(2)18-25-14-23-16-30(34(39)40)38(26-6-4-5-7-26)19-24(23)17-32(25)42-33/h8-15,17,26,30-31,33H,3-7,16,18-20H2,1-2H3,(H,39,40)/t30-,31+,33+/m0/s1. The Morgan fingerprint density at radius 3 is 2.45 bits per heavy atom. The number of carboxylic acids is 1. The quantitative estimate of drug-likeness (QED) is 0.295. The van der Waals surface area contributed by atoms with E-state index in [1.807, 2.05) is 24.3 Å². The minimum atomic E-state index is -0.717. The average Bonchev–Trinajstić information content (AvgIpc) is 3.46. The second-order valence-electron chi connectivity index (χ2n) is 12.0. The Kier molecular flexibility index (Phi) is 8.69. The molecule has 0 amide bonds. The Morgan fingerprint density at radius 1 is 1.00 bits per heavy atom. The number of carboxylic acid groups (broad SMARTS) is 1. The SMILES string of the molecule is CC[C@@H](Oc1ccc([C@H]2CN(C)Cc3cc4c(cc3O2)CN(C2CCCC2)[C@H](C(=O)O)C4)cc1)c1ccc(Cl)c(Cl)c1. The summed E-state index contributed by atoms with van der Waals surface area (Å²) in [6, 6.07) is 18.1. The molecule has 222 valence electrons. The van der Waals surface area contributed by atoms with Gasteiger partial charge in [-0.25, -0.2) is 0 Å². The summed E-state index contributed by atoms with van der Waals surface area (Å²) in [6.45, 7) is 4.25. The molecule has 0 spiro atoms. The Labute approximate surface area is 258 Å². The molecule has 1 N–H and O–H groups in total. The summed E-state index contributed by atoms with van der Waals surface area (Å²) in [5.74, 6) is 0.966. The van der Waals surface area contributed by atoms with Gasteiger partial charge in [0, 0.05) is 31.2 Å². The van der Waals surface area contributed by atoms with Crippen molar-refractivity contribution in [3.05, 3.63) is 92.5 Å². The maximum absolute atomic E-state index is 12.2. The molecule has 0 bridgehead atoms. The van der Waals surface area contributed by atoms with Crippen LogP contribution in [-0.4, -0.2) is 46.6 Å².